The molecular weight excluding hydrogens is 270 g/mol. The number of hydrogen-bond donors (Lipinski definition) is 1. The van der Waals surface area contributed by atoms with Gasteiger partial charge in [-0.3, -0.25) is 9.69 Å². The number of pyridine rings is 1. The third-order valence-electron chi connectivity index (χ3n) is 3.77. The summed E-state index contributed by atoms with van der Waals surface area (Å²) in [5.41, 5.74) is 3.05. The maximum absolute atomic E-state index is 10.9. The van der Waals surface area contributed by atoms with Crippen LogP contribution in [0.3, 0.4) is 0 Å². The molecule has 6 nitrogen and oxygen atoms in total. The summed E-state index contributed by atoms with van der Waals surface area (Å²) in [6.45, 7) is 4.55. The van der Waals surface area contributed by atoms with Gasteiger partial charge in [0.15, 0.2) is 0 Å². The van der Waals surface area contributed by atoms with E-state index in [1.54, 1.807) is 0 Å². The van der Waals surface area contributed by atoms with Crippen LogP contribution in [0.2, 0.25) is 0 Å². The highest BCUT2D eigenvalue weighted by atomic mass is 16.5. The second-order valence-electron chi connectivity index (χ2n) is 5.50. The summed E-state index contributed by atoms with van der Waals surface area (Å²) >= 11 is 0. The first-order chi connectivity index (χ1) is 10.1. The number of aliphatic carboxylic acids is 1. The number of carboxylic acids is 1. The van der Waals surface area contributed by atoms with Crippen LogP contribution in [-0.4, -0.2) is 51.2 Å². The minimum Gasteiger partial charge on any atom is -0.481 e. The predicted octanol–water partition coefficient (Wildman–Crippen LogP) is 1.32. The number of carbonyl (C=O) groups is 1. The van der Waals surface area contributed by atoms with Crippen molar-refractivity contribution in [1.29, 1.82) is 0 Å². The van der Waals surface area contributed by atoms with Crippen LogP contribution in [0, 0.1) is 6.92 Å². The lowest BCUT2D eigenvalue weighted by Gasteiger charge is -2.34. The molecule has 1 fully saturated rings. The van der Waals surface area contributed by atoms with Gasteiger partial charge in [-0.25, -0.2) is 4.98 Å². The van der Waals surface area contributed by atoms with Crippen molar-refractivity contribution < 1.29 is 14.6 Å². The van der Waals surface area contributed by atoms with Crippen LogP contribution in [0.1, 0.15) is 17.7 Å². The number of carboxylic acid groups (broad SMARTS) is 1. The van der Waals surface area contributed by atoms with Crippen molar-refractivity contribution >= 4 is 11.6 Å². The number of aromatic nitrogens is 2. The predicted molar refractivity (Wildman–Crippen MR) is 77.2 cm³/mol. The van der Waals surface area contributed by atoms with Crippen molar-refractivity contribution in [3.8, 4) is 0 Å². The fourth-order valence-corrected chi connectivity index (χ4v) is 2.73. The Hall–Kier alpha value is -1.92. The Bertz CT molecular complexity index is 653. The molecule has 0 saturated carbocycles. The van der Waals surface area contributed by atoms with Crippen molar-refractivity contribution in [2.75, 3.05) is 19.8 Å². The molecule has 0 spiro atoms. The van der Waals surface area contributed by atoms with Crippen LogP contribution in [0.5, 0.6) is 0 Å². The zero-order valence-electron chi connectivity index (χ0n) is 12.0. The standard InChI is InChI=1S/C15H19N3O3/c1-11-2-3-14-16-12(9-18(14)7-11)8-17-4-5-21-10-13(17)6-15(19)20/h2-3,7,9,13H,4-6,8,10H2,1H3,(H,19,20). The second kappa shape index (κ2) is 5.83. The zero-order valence-corrected chi connectivity index (χ0v) is 12.0. The number of aryl methyl sites for hydroxylation is 1. The van der Waals surface area contributed by atoms with Crippen LogP contribution >= 0.6 is 0 Å². The Morgan fingerprint density at radius 2 is 2.33 bits per heavy atom. The minimum atomic E-state index is -0.791. The van der Waals surface area contributed by atoms with E-state index in [4.69, 9.17) is 9.84 Å². The Balaban J connectivity index is 1.77. The summed E-state index contributed by atoms with van der Waals surface area (Å²) in [5.74, 6) is -0.791. The largest absolute Gasteiger partial charge is 0.481 e. The summed E-state index contributed by atoms with van der Waals surface area (Å²) < 4.78 is 7.41. The van der Waals surface area contributed by atoms with E-state index in [1.807, 2.05) is 35.9 Å². The molecular formula is C15H19N3O3. The smallest absolute Gasteiger partial charge is 0.305 e. The molecule has 112 valence electrons. The van der Waals surface area contributed by atoms with Gasteiger partial charge in [0.2, 0.25) is 0 Å². The molecule has 0 radical (unpaired) electrons. The van der Waals surface area contributed by atoms with Crippen molar-refractivity contribution in [3.05, 3.63) is 35.8 Å². The molecule has 6 heteroatoms. The second-order valence-corrected chi connectivity index (χ2v) is 5.50. The van der Waals surface area contributed by atoms with E-state index in [9.17, 15) is 4.79 Å². The topological polar surface area (TPSA) is 67.1 Å². The highest BCUT2D eigenvalue weighted by Gasteiger charge is 2.25. The molecule has 1 aliphatic heterocycles. The van der Waals surface area contributed by atoms with Gasteiger partial charge < -0.3 is 14.2 Å². The lowest BCUT2D eigenvalue weighted by atomic mass is 10.1. The first-order valence-electron chi connectivity index (χ1n) is 7.09. The van der Waals surface area contributed by atoms with E-state index in [0.717, 1.165) is 17.9 Å². The average Bonchev–Trinajstić information content (AvgIpc) is 2.82. The maximum atomic E-state index is 10.9. The van der Waals surface area contributed by atoms with Crippen LogP contribution in [0.25, 0.3) is 5.65 Å². The molecule has 1 aliphatic rings. The lowest BCUT2D eigenvalue weighted by Crippen LogP contribution is -2.45. The minimum absolute atomic E-state index is 0.0807. The Morgan fingerprint density at radius 3 is 3.14 bits per heavy atom. The fraction of sp³-hybridized carbons (Fsp3) is 0.467. The molecule has 1 atom stereocenters. The van der Waals surface area contributed by atoms with E-state index in [2.05, 4.69) is 9.88 Å². The van der Waals surface area contributed by atoms with E-state index in [0.29, 0.717) is 19.8 Å². The molecule has 3 rings (SSSR count). The molecule has 0 aliphatic carbocycles. The van der Waals surface area contributed by atoms with Gasteiger partial charge in [0.1, 0.15) is 5.65 Å². The van der Waals surface area contributed by atoms with Crippen LogP contribution in [0.4, 0.5) is 0 Å². The normalized spacial score (nSPS) is 20.0. The molecule has 3 heterocycles. The molecule has 2 aromatic heterocycles. The maximum Gasteiger partial charge on any atom is 0.305 e. The molecule has 1 saturated heterocycles. The number of fused-ring (bicyclic) bond motifs is 1. The van der Waals surface area contributed by atoms with Crippen molar-refractivity contribution in [3.63, 3.8) is 0 Å². The Morgan fingerprint density at radius 1 is 1.48 bits per heavy atom. The van der Waals surface area contributed by atoms with Gasteiger partial charge in [-0.1, -0.05) is 6.07 Å². The SMILES string of the molecule is Cc1ccc2nc(CN3CCOCC3CC(=O)O)cn2c1. The summed E-state index contributed by atoms with van der Waals surface area (Å²) in [6.07, 6.45) is 4.15. The van der Waals surface area contributed by atoms with Gasteiger partial charge in [0.25, 0.3) is 0 Å². The number of imidazole rings is 1. The number of ether oxygens (including phenoxy) is 1. The van der Waals surface area contributed by atoms with Gasteiger partial charge in [0, 0.05) is 31.5 Å². The van der Waals surface area contributed by atoms with E-state index in [-0.39, 0.29) is 12.5 Å². The van der Waals surface area contributed by atoms with Crippen LogP contribution in [0.15, 0.2) is 24.5 Å². The molecule has 1 unspecified atom stereocenters. The molecule has 1 N–H and O–H groups in total. The average molecular weight is 289 g/mol. The number of morpholine rings is 1. The van der Waals surface area contributed by atoms with Crippen LogP contribution < -0.4 is 0 Å². The third kappa shape index (κ3) is 3.22. The third-order valence-corrected chi connectivity index (χ3v) is 3.77. The molecule has 0 bridgehead atoms. The van der Waals surface area contributed by atoms with Gasteiger partial charge >= 0.3 is 5.97 Å². The Labute approximate surface area is 123 Å². The van der Waals surface area contributed by atoms with Crippen molar-refractivity contribution in [2.24, 2.45) is 0 Å². The Kier molecular flexibility index (Phi) is 3.90. The van der Waals surface area contributed by atoms with Gasteiger partial charge in [-0.15, -0.1) is 0 Å². The van der Waals surface area contributed by atoms with Crippen molar-refractivity contribution in [2.45, 2.75) is 25.9 Å². The van der Waals surface area contributed by atoms with Gasteiger partial charge in [-0.05, 0) is 18.6 Å². The number of rotatable bonds is 4. The first kappa shape index (κ1) is 14.0. The number of nitrogens with zero attached hydrogens (tertiary/aromatic N) is 3. The highest BCUT2D eigenvalue weighted by Crippen LogP contribution is 2.15. The quantitative estimate of drug-likeness (QED) is 0.919. The van der Waals surface area contributed by atoms with E-state index in [1.165, 1.54) is 5.56 Å². The first-order valence-corrected chi connectivity index (χ1v) is 7.09. The summed E-state index contributed by atoms with van der Waals surface area (Å²) in [4.78, 5) is 17.7. The van der Waals surface area contributed by atoms with Crippen LogP contribution in [-0.2, 0) is 16.1 Å². The van der Waals surface area contributed by atoms with Gasteiger partial charge in [0.05, 0.1) is 25.3 Å². The monoisotopic (exact) mass is 289 g/mol. The summed E-state index contributed by atoms with van der Waals surface area (Å²) in [7, 11) is 0. The lowest BCUT2D eigenvalue weighted by molar-refractivity contribution is -0.140. The molecule has 0 aromatic carbocycles. The zero-order chi connectivity index (χ0) is 14.8. The van der Waals surface area contributed by atoms with E-state index >= 15 is 0 Å². The van der Waals surface area contributed by atoms with E-state index < -0.39 is 5.97 Å². The highest BCUT2D eigenvalue weighted by molar-refractivity contribution is 5.67. The summed E-state index contributed by atoms with van der Waals surface area (Å²) in [6, 6.07) is 3.95. The summed E-state index contributed by atoms with van der Waals surface area (Å²) in [5, 5.41) is 8.99. The number of hydrogen-bond acceptors (Lipinski definition) is 4. The molecule has 2 aromatic rings. The van der Waals surface area contributed by atoms with Crippen molar-refractivity contribution in [1.82, 2.24) is 14.3 Å². The van der Waals surface area contributed by atoms with Gasteiger partial charge in [-0.2, -0.15) is 0 Å². The fourth-order valence-electron chi connectivity index (χ4n) is 2.73. The molecule has 0 amide bonds. The molecule has 21 heavy (non-hydrogen) atoms.